The van der Waals surface area contributed by atoms with E-state index in [0.717, 1.165) is 5.56 Å². The number of carbonyl (C=O) groups is 2. The van der Waals surface area contributed by atoms with Crippen LogP contribution < -0.4 is 10.6 Å². The number of hydrogen-bond donors (Lipinski definition) is 2. The lowest BCUT2D eigenvalue weighted by atomic mass is 9.90. The van der Waals surface area contributed by atoms with Crippen molar-refractivity contribution >= 4 is 39.1 Å². The number of amides is 2. The Morgan fingerprint density at radius 1 is 1.05 bits per heavy atom. The maximum absolute atomic E-state index is 11.6. The van der Waals surface area contributed by atoms with Gasteiger partial charge in [0, 0.05) is 4.83 Å². The SMILES string of the molecule is CC(C)C(C)C(Br)c1ccc2c(c1)NC(=O)CC(=O)N2. The Morgan fingerprint density at radius 2 is 1.65 bits per heavy atom. The van der Waals surface area contributed by atoms with Crippen molar-refractivity contribution in [1.29, 1.82) is 0 Å². The van der Waals surface area contributed by atoms with Gasteiger partial charge >= 0.3 is 0 Å². The summed E-state index contributed by atoms with van der Waals surface area (Å²) in [5.74, 6) is 0.456. The standard InChI is InChI=1S/C15H19BrN2O2/c1-8(2)9(3)15(16)10-4-5-11-12(6-10)18-14(20)7-13(19)17-11/h4-6,8-9,15H,7H2,1-3H3,(H,17,19)(H,18,20). The summed E-state index contributed by atoms with van der Waals surface area (Å²) < 4.78 is 0. The zero-order valence-electron chi connectivity index (χ0n) is 11.9. The Hall–Kier alpha value is -1.36. The van der Waals surface area contributed by atoms with Gasteiger partial charge in [0.15, 0.2) is 0 Å². The average molecular weight is 339 g/mol. The quantitative estimate of drug-likeness (QED) is 0.652. The fourth-order valence-electron chi connectivity index (χ4n) is 2.12. The van der Waals surface area contributed by atoms with Gasteiger partial charge in [0.1, 0.15) is 6.42 Å². The first kappa shape index (κ1) is 15.0. The molecule has 0 radical (unpaired) electrons. The molecule has 2 unspecified atom stereocenters. The van der Waals surface area contributed by atoms with E-state index < -0.39 is 0 Å². The zero-order valence-corrected chi connectivity index (χ0v) is 13.5. The van der Waals surface area contributed by atoms with Crippen LogP contribution in [0.2, 0.25) is 0 Å². The van der Waals surface area contributed by atoms with Crippen molar-refractivity contribution in [3.63, 3.8) is 0 Å². The molecule has 0 bridgehead atoms. The number of nitrogens with one attached hydrogen (secondary N) is 2. The van der Waals surface area contributed by atoms with E-state index in [0.29, 0.717) is 23.2 Å². The lowest BCUT2D eigenvalue weighted by molar-refractivity contribution is -0.123. The second-order valence-corrected chi connectivity index (χ2v) is 6.57. The predicted molar refractivity (Wildman–Crippen MR) is 84.0 cm³/mol. The lowest BCUT2D eigenvalue weighted by Crippen LogP contribution is -2.16. The summed E-state index contributed by atoms with van der Waals surface area (Å²) in [5.41, 5.74) is 2.42. The molecule has 0 aromatic heterocycles. The molecule has 0 aliphatic carbocycles. The van der Waals surface area contributed by atoms with Crippen LogP contribution in [0, 0.1) is 11.8 Å². The Morgan fingerprint density at radius 3 is 2.25 bits per heavy atom. The molecule has 0 saturated carbocycles. The molecule has 0 saturated heterocycles. The molecule has 20 heavy (non-hydrogen) atoms. The van der Waals surface area contributed by atoms with E-state index in [1.807, 2.05) is 18.2 Å². The molecule has 1 aromatic rings. The molecule has 2 rings (SSSR count). The molecule has 1 heterocycles. The lowest BCUT2D eigenvalue weighted by Gasteiger charge is -2.23. The first-order chi connectivity index (χ1) is 9.38. The van der Waals surface area contributed by atoms with Crippen LogP contribution in [0.25, 0.3) is 0 Å². The van der Waals surface area contributed by atoms with Gasteiger partial charge in [-0.2, -0.15) is 0 Å². The van der Waals surface area contributed by atoms with Crippen LogP contribution in [0.15, 0.2) is 18.2 Å². The Bertz CT molecular complexity index is 543. The number of fused-ring (bicyclic) bond motifs is 1. The van der Waals surface area contributed by atoms with Crippen LogP contribution in [0.4, 0.5) is 11.4 Å². The van der Waals surface area contributed by atoms with Gasteiger partial charge in [0.05, 0.1) is 11.4 Å². The van der Waals surface area contributed by atoms with Gasteiger partial charge < -0.3 is 10.6 Å². The van der Waals surface area contributed by atoms with Crippen molar-refractivity contribution in [2.24, 2.45) is 11.8 Å². The van der Waals surface area contributed by atoms with E-state index in [4.69, 9.17) is 0 Å². The van der Waals surface area contributed by atoms with Crippen LogP contribution in [0.5, 0.6) is 0 Å². The second kappa shape index (κ2) is 5.95. The first-order valence-corrected chi connectivity index (χ1v) is 7.67. The molecule has 108 valence electrons. The van der Waals surface area contributed by atoms with Gasteiger partial charge in [-0.1, -0.05) is 42.8 Å². The van der Waals surface area contributed by atoms with E-state index >= 15 is 0 Å². The summed E-state index contributed by atoms with van der Waals surface area (Å²) >= 11 is 3.73. The summed E-state index contributed by atoms with van der Waals surface area (Å²) in [4.78, 5) is 23.3. The molecular weight excluding hydrogens is 320 g/mol. The highest BCUT2D eigenvalue weighted by Gasteiger charge is 2.22. The third-order valence-corrected chi connectivity index (χ3v) is 5.11. The van der Waals surface area contributed by atoms with Crippen molar-refractivity contribution in [2.45, 2.75) is 32.0 Å². The third kappa shape index (κ3) is 3.20. The van der Waals surface area contributed by atoms with Crippen molar-refractivity contribution < 1.29 is 9.59 Å². The molecule has 2 N–H and O–H groups in total. The summed E-state index contributed by atoms with van der Waals surface area (Å²) in [6.07, 6.45) is -0.135. The molecule has 0 fully saturated rings. The summed E-state index contributed by atoms with van der Waals surface area (Å²) in [6, 6.07) is 5.75. The van der Waals surface area contributed by atoms with Gasteiger partial charge in [-0.15, -0.1) is 0 Å². The fraction of sp³-hybridized carbons (Fsp3) is 0.467. The fourth-order valence-corrected chi connectivity index (χ4v) is 3.02. The number of halogens is 1. The molecule has 1 aromatic carbocycles. The summed E-state index contributed by atoms with van der Waals surface area (Å²) in [7, 11) is 0. The largest absolute Gasteiger partial charge is 0.324 e. The average Bonchev–Trinajstić information content (AvgIpc) is 2.52. The first-order valence-electron chi connectivity index (χ1n) is 6.76. The highest BCUT2D eigenvalue weighted by molar-refractivity contribution is 9.09. The summed E-state index contributed by atoms with van der Waals surface area (Å²) in [6.45, 7) is 6.56. The minimum Gasteiger partial charge on any atom is -0.324 e. The van der Waals surface area contributed by atoms with Crippen molar-refractivity contribution in [2.75, 3.05) is 10.6 Å². The monoisotopic (exact) mass is 338 g/mol. The van der Waals surface area contributed by atoms with Crippen LogP contribution in [-0.2, 0) is 9.59 Å². The van der Waals surface area contributed by atoms with Gasteiger partial charge in [-0.3, -0.25) is 9.59 Å². The van der Waals surface area contributed by atoms with Crippen molar-refractivity contribution in [1.82, 2.24) is 0 Å². The second-order valence-electron chi connectivity index (χ2n) is 5.58. The Kier molecular flexibility index (Phi) is 4.48. The van der Waals surface area contributed by atoms with Crippen molar-refractivity contribution in [3.8, 4) is 0 Å². The number of rotatable bonds is 3. The molecule has 2 atom stereocenters. The number of anilines is 2. The minimum absolute atomic E-state index is 0.135. The smallest absolute Gasteiger partial charge is 0.233 e. The van der Waals surface area contributed by atoms with Crippen LogP contribution in [0.1, 0.15) is 37.6 Å². The Labute approximate surface area is 127 Å². The molecule has 1 aliphatic heterocycles. The molecular formula is C15H19BrN2O2. The van der Waals surface area contributed by atoms with E-state index in [9.17, 15) is 9.59 Å². The molecule has 5 heteroatoms. The zero-order chi connectivity index (χ0) is 14.9. The summed E-state index contributed by atoms with van der Waals surface area (Å²) in [5, 5.41) is 5.51. The highest BCUT2D eigenvalue weighted by atomic mass is 79.9. The maximum atomic E-state index is 11.6. The third-order valence-electron chi connectivity index (χ3n) is 3.74. The Balaban J connectivity index is 2.31. The van der Waals surface area contributed by atoms with Gasteiger partial charge in [0.25, 0.3) is 0 Å². The topological polar surface area (TPSA) is 58.2 Å². The molecule has 2 amide bonds. The molecule has 1 aliphatic rings. The number of carbonyl (C=O) groups excluding carboxylic acids is 2. The number of alkyl halides is 1. The molecule has 4 nitrogen and oxygen atoms in total. The minimum atomic E-state index is -0.278. The maximum Gasteiger partial charge on any atom is 0.233 e. The van der Waals surface area contributed by atoms with E-state index in [1.165, 1.54) is 0 Å². The van der Waals surface area contributed by atoms with E-state index in [1.54, 1.807) is 0 Å². The van der Waals surface area contributed by atoms with Gasteiger partial charge in [-0.05, 0) is 29.5 Å². The highest BCUT2D eigenvalue weighted by Crippen LogP contribution is 2.38. The van der Waals surface area contributed by atoms with Gasteiger partial charge in [-0.25, -0.2) is 0 Å². The molecule has 0 spiro atoms. The number of hydrogen-bond acceptors (Lipinski definition) is 2. The normalized spacial score (nSPS) is 17.9. The number of benzene rings is 1. The van der Waals surface area contributed by atoms with Crippen LogP contribution >= 0.6 is 15.9 Å². The van der Waals surface area contributed by atoms with Crippen LogP contribution in [0.3, 0.4) is 0 Å². The predicted octanol–water partition coefficient (Wildman–Crippen LogP) is 3.70. The van der Waals surface area contributed by atoms with E-state index in [-0.39, 0.29) is 23.1 Å². The van der Waals surface area contributed by atoms with Crippen LogP contribution in [-0.4, -0.2) is 11.8 Å². The van der Waals surface area contributed by atoms with Crippen molar-refractivity contribution in [3.05, 3.63) is 23.8 Å². The van der Waals surface area contributed by atoms with E-state index in [2.05, 4.69) is 47.3 Å². The van der Waals surface area contributed by atoms with Gasteiger partial charge in [0.2, 0.25) is 11.8 Å².